The van der Waals surface area contributed by atoms with Crippen LogP contribution in [0.3, 0.4) is 0 Å². The molecule has 2 aromatic rings. The molecule has 0 bridgehead atoms. The van der Waals surface area contributed by atoms with Gasteiger partial charge in [0.25, 0.3) is 10.1 Å². The number of ether oxygens (including phenoxy) is 1. The van der Waals surface area contributed by atoms with E-state index >= 15 is 0 Å². The van der Waals surface area contributed by atoms with Gasteiger partial charge in [-0.15, -0.1) is 0 Å². The van der Waals surface area contributed by atoms with E-state index in [1.807, 2.05) is 24.3 Å². The highest BCUT2D eigenvalue weighted by molar-refractivity contribution is 7.86. The van der Waals surface area contributed by atoms with Gasteiger partial charge in [0.2, 0.25) is 0 Å². The van der Waals surface area contributed by atoms with Gasteiger partial charge in [0, 0.05) is 17.6 Å². The number of hydrogen-bond acceptors (Lipinski definition) is 5. The van der Waals surface area contributed by atoms with Crippen LogP contribution in [0.25, 0.3) is 0 Å². The highest BCUT2D eigenvalue weighted by Crippen LogP contribution is 2.34. The zero-order valence-corrected chi connectivity index (χ0v) is 20.5. The minimum Gasteiger partial charge on any atom is -0.457 e. The molecule has 170 valence electrons. The first kappa shape index (κ1) is 24.3. The summed E-state index contributed by atoms with van der Waals surface area (Å²) in [6.45, 7) is 6.22. The summed E-state index contributed by atoms with van der Waals surface area (Å²) < 4.78 is 34.7. The molecule has 5 nitrogen and oxygen atoms in total. The van der Waals surface area contributed by atoms with Gasteiger partial charge in [-0.2, -0.15) is 8.42 Å². The van der Waals surface area contributed by atoms with E-state index in [1.54, 1.807) is 18.2 Å². The largest absolute Gasteiger partial charge is 0.457 e. The van der Waals surface area contributed by atoms with Gasteiger partial charge in [-0.1, -0.05) is 35.3 Å². The minimum absolute atomic E-state index is 0.00279. The van der Waals surface area contributed by atoms with Gasteiger partial charge < -0.3 is 10.1 Å². The van der Waals surface area contributed by atoms with Crippen molar-refractivity contribution >= 4 is 33.3 Å². The Labute approximate surface area is 195 Å². The van der Waals surface area contributed by atoms with Crippen LogP contribution < -0.4 is 10.1 Å². The van der Waals surface area contributed by atoms with Crippen LogP contribution in [-0.4, -0.2) is 32.4 Å². The second kappa shape index (κ2) is 9.67. The Kier molecular flexibility index (Phi) is 7.59. The van der Waals surface area contributed by atoms with E-state index in [2.05, 4.69) is 26.1 Å². The molecule has 3 atom stereocenters. The van der Waals surface area contributed by atoms with Crippen molar-refractivity contribution in [3.8, 4) is 11.5 Å². The topological polar surface area (TPSA) is 64.6 Å². The zero-order chi connectivity index (χ0) is 22.8. The molecule has 1 fully saturated rings. The van der Waals surface area contributed by atoms with Crippen LogP contribution in [0.1, 0.15) is 39.2 Å². The number of benzene rings is 2. The summed E-state index contributed by atoms with van der Waals surface area (Å²) in [4.78, 5) is 0. The molecule has 0 saturated heterocycles. The van der Waals surface area contributed by atoms with Crippen LogP contribution in [0.5, 0.6) is 11.5 Å². The van der Waals surface area contributed by atoms with Crippen LogP contribution in [0.15, 0.2) is 42.5 Å². The van der Waals surface area contributed by atoms with Gasteiger partial charge in [0.1, 0.15) is 11.5 Å². The molecule has 1 N–H and O–H groups in total. The van der Waals surface area contributed by atoms with E-state index in [0.717, 1.165) is 19.1 Å². The SMILES string of the molecule is CC(C)(C)N[C@@H]1C[C@@H](Cc2ccc(Oc3ccc(Cl)c(Cl)c3)cc2)C[C@H]1OS(C)(=O)=O. The molecule has 0 radical (unpaired) electrons. The third kappa shape index (κ3) is 7.65. The zero-order valence-electron chi connectivity index (χ0n) is 18.2. The van der Waals surface area contributed by atoms with Crippen LogP contribution in [0.4, 0.5) is 0 Å². The Morgan fingerprint density at radius 2 is 1.65 bits per heavy atom. The Hall–Kier alpha value is -1.31. The Bertz CT molecular complexity index is 1000. The van der Waals surface area contributed by atoms with E-state index in [1.165, 1.54) is 5.56 Å². The molecule has 0 unspecified atom stereocenters. The molecule has 0 spiro atoms. The van der Waals surface area contributed by atoms with Crippen molar-refractivity contribution in [2.24, 2.45) is 5.92 Å². The van der Waals surface area contributed by atoms with E-state index in [4.69, 9.17) is 32.1 Å². The van der Waals surface area contributed by atoms with Gasteiger partial charge in [-0.3, -0.25) is 4.18 Å². The van der Waals surface area contributed by atoms with Gasteiger partial charge in [-0.05, 0) is 75.8 Å². The summed E-state index contributed by atoms with van der Waals surface area (Å²) in [5, 5.41) is 4.45. The fourth-order valence-corrected chi connectivity index (χ4v) is 4.96. The molecule has 1 aliphatic carbocycles. The first-order chi connectivity index (χ1) is 14.4. The molecular formula is C23H29Cl2NO4S. The van der Waals surface area contributed by atoms with E-state index in [-0.39, 0.29) is 17.7 Å². The van der Waals surface area contributed by atoms with E-state index < -0.39 is 10.1 Å². The summed E-state index contributed by atoms with van der Waals surface area (Å²) >= 11 is 12.0. The van der Waals surface area contributed by atoms with Crippen LogP contribution in [0.2, 0.25) is 10.0 Å². The summed E-state index contributed by atoms with van der Waals surface area (Å²) in [7, 11) is -3.51. The van der Waals surface area contributed by atoms with Crippen LogP contribution in [0, 0.1) is 5.92 Å². The van der Waals surface area contributed by atoms with Crippen molar-refractivity contribution in [1.29, 1.82) is 0 Å². The predicted octanol–water partition coefficient (Wildman–Crippen LogP) is 5.84. The monoisotopic (exact) mass is 485 g/mol. The summed E-state index contributed by atoms with van der Waals surface area (Å²) in [5.41, 5.74) is 1.04. The number of rotatable bonds is 7. The standard InChI is InChI=1S/C23H29Cl2NO4S/c1-23(2,3)26-21-12-16(13-22(21)30-31(4,27)28)11-15-5-7-17(8-6-15)29-18-9-10-19(24)20(25)14-18/h5-10,14,16,21-22,26H,11-13H2,1-4H3/t16-,21-,22-/m1/s1. The molecule has 31 heavy (non-hydrogen) atoms. The smallest absolute Gasteiger partial charge is 0.264 e. The van der Waals surface area contributed by atoms with Crippen molar-refractivity contribution in [2.45, 2.75) is 57.7 Å². The van der Waals surface area contributed by atoms with Gasteiger partial charge in [-0.25, -0.2) is 0 Å². The third-order valence-electron chi connectivity index (χ3n) is 5.09. The quantitative estimate of drug-likeness (QED) is 0.498. The lowest BCUT2D eigenvalue weighted by Crippen LogP contribution is -2.48. The molecule has 0 aromatic heterocycles. The second-order valence-electron chi connectivity index (χ2n) is 9.20. The third-order valence-corrected chi connectivity index (χ3v) is 6.43. The van der Waals surface area contributed by atoms with Crippen molar-refractivity contribution in [2.75, 3.05) is 6.26 Å². The van der Waals surface area contributed by atoms with Gasteiger partial charge >= 0.3 is 0 Å². The number of hydrogen-bond donors (Lipinski definition) is 1. The first-order valence-corrected chi connectivity index (χ1v) is 12.8. The van der Waals surface area contributed by atoms with Gasteiger partial charge in [0.15, 0.2) is 0 Å². The Morgan fingerprint density at radius 3 is 2.23 bits per heavy atom. The average molecular weight is 486 g/mol. The molecule has 0 heterocycles. The van der Waals surface area contributed by atoms with Crippen molar-refractivity contribution in [1.82, 2.24) is 5.32 Å². The van der Waals surface area contributed by atoms with Gasteiger partial charge in [0.05, 0.1) is 22.4 Å². The maximum atomic E-state index is 11.7. The average Bonchev–Trinajstić information content (AvgIpc) is 2.97. The molecule has 3 rings (SSSR count). The molecule has 1 aliphatic rings. The molecule has 8 heteroatoms. The highest BCUT2D eigenvalue weighted by Gasteiger charge is 2.38. The lowest BCUT2D eigenvalue weighted by atomic mass is 9.97. The second-order valence-corrected chi connectivity index (χ2v) is 11.6. The lowest BCUT2D eigenvalue weighted by Gasteiger charge is -2.29. The van der Waals surface area contributed by atoms with Crippen LogP contribution in [-0.2, 0) is 20.7 Å². The molecular weight excluding hydrogens is 457 g/mol. The molecule has 1 saturated carbocycles. The van der Waals surface area contributed by atoms with Crippen molar-refractivity contribution < 1.29 is 17.3 Å². The molecule has 2 aromatic carbocycles. The summed E-state index contributed by atoms with van der Waals surface area (Å²) in [6.07, 6.45) is 3.16. The van der Waals surface area contributed by atoms with E-state index in [9.17, 15) is 8.42 Å². The predicted molar refractivity (Wildman–Crippen MR) is 126 cm³/mol. The highest BCUT2D eigenvalue weighted by atomic mass is 35.5. The van der Waals surface area contributed by atoms with Crippen molar-refractivity contribution in [3.05, 3.63) is 58.1 Å². The van der Waals surface area contributed by atoms with Crippen LogP contribution >= 0.6 is 23.2 Å². The summed E-state index contributed by atoms with van der Waals surface area (Å²) in [6, 6.07) is 13.0. The maximum absolute atomic E-state index is 11.7. The number of halogens is 2. The number of nitrogens with one attached hydrogen (secondary N) is 1. The minimum atomic E-state index is -3.51. The molecule has 0 amide bonds. The summed E-state index contributed by atoms with van der Waals surface area (Å²) in [5.74, 6) is 1.65. The normalized spacial score (nSPS) is 21.9. The van der Waals surface area contributed by atoms with E-state index in [0.29, 0.717) is 33.9 Å². The van der Waals surface area contributed by atoms with Crippen molar-refractivity contribution in [3.63, 3.8) is 0 Å². The Balaban J connectivity index is 1.64. The fourth-order valence-electron chi connectivity index (χ4n) is 4.01. The maximum Gasteiger partial charge on any atom is 0.264 e. The Morgan fingerprint density at radius 1 is 1.00 bits per heavy atom. The fraction of sp³-hybridized carbons (Fsp3) is 0.478. The molecule has 0 aliphatic heterocycles. The lowest BCUT2D eigenvalue weighted by molar-refractivity contribution is 0.165. The first-order valence-electron chi connectivity index (χ1n) is 10.3.